The Balaban J connectivity index is 2.73. The van der Waals surface area contributed by atoms with Crippen LogP contribution in [0, 0.1) is 0 Å². The van der Waals surface area contributed by atoms with Crippen LogP contribution < -0.4 is 10.5 Å². The zero-order chi connectivity index (χ0) is 11.4. The number of phenols is 2. The second-order valence-corrected chi connectivity index (χ2v) is 3.38. The predicted molar refractivity (Wildman–Crippen MR) is 55.3 cm³/mol. The average molecular weight is 234 g/mol. The fraction of sp³-hybridized carbons (Fsp3) is 0.333. The number of phenolic OH excluding ortho intramolecular Hbond substituents is 2. The van der Waals surface area contributed by atoms with Crippen LogP contribution >= 0.6 is 11.6 Å². The van der Waals surface area contributed by atoms with E-state index in [2.05, 4.69) is 0 Å². The Morgan fingerprint density at radius 1 is 1.33 bits per heavy atom. The van der Waals surface area contributed by atoms with Crippen molar-refractivity contribution in [3.8, 4) is 17.2 Å². The first-order chi connectivity index (χ1) is 7.04. The third-order valence-electron chi connectivity index (χ3n) is 1.73. The lowest BCUT2D eigenvalue weighted by atomic mass is 10.3. The van der Waals surface area contributed by atoms with E-state index in [4.69, 9.17) is 32.3 Å². The van der Waals surface area contributed by atoms with Gasteiger partial charge in [-0.3, -0.25) is 0 Å². The number of aliphatic hydroxyl groups excluding tert-OH is 1. The highest BCUT2D eigenvalue weighted by atomic mass is 35.5. The minimum atomic E-state index is -0.794. The van der Waals surface area contributed by atoms with Crippen molar-refractivity contribution in [1.82, 2.24) is 0 Å². The summed E-state index contributed by atoms with van der Waals surface area (Å²) in [5, 5.41) is 27.5. The molecule has 0 heterocycles. The molecule has 1 aromatic rings. The Bertz CT molecular complexity index is 345. The minimum absolute atomic E-state index is 0.0273. The van der Waals surface area contributed by atoms with Crippen molar-refractivity contribution in [2.45, 2.75) is 6.10 Å². The Kier molecular flexibility index (Phi) is 4.02. The Labute approximate surface area is 91.7 Å². The molecule has 0 unspecified atom stereocenters. The van der Waals surface area contributed by atoms with Crippen LogP contribution in [0.25, 0.3) is 0 Å². The predicted octanol–water partition coefficient (Wildman–Crippen LogP) is 0.450. The summed E-state index contributed by atoms with van der Waals surface area (Å²) in [7, 11) is 0. The lowest BCUT2D eigenvalue weighted by molar-refractivity contribution is 0.114. The van der Waals surface area contributed by atoms with Gasteiger partial charge in [-0.1, -0.05) is 11.6 Å². The molecule has 0 amide bonds. The molecule has 0 aliphatic rings. The lowest BCUT2D eigenvalue weighted by Crippen LogP contribution is -2.26. The topological polar surface area (TPSA) is 95.9 Å². The first-order valence-electron chi connectivity index (χ1n) is 4.27. The number of ether oxygens (including phenoxy) is 1. The van der Waals surface area contributed by atoms with Crippen LogP contribution in [0.3, 0.4) is 0 Å². The standard InChI is InChI=1S/C9H12ClNO4/c10-6-1-7(13)8(14)2-9(6)15-4-5(12)3-11/h1-2,5,12-14H,3-4,11H2/t5-/m1/s1. The monoisotopic (exact) mass is 233 g/mol. The van der Waals surface area contributed by atoms with E-state index in [1.165, 1.54) is 6.07 Å². The highest BCUT2D eigenvalue weighted by Crippen LogP contribution is 2.35. The van der Waals surface area contributed by atoms with Crippen molar-refractivity contribution >= 4 is 11.6 Å². The number of hydrogen-bond acceptors (Lipinski definition) is 5. The van der Waals surface area contributed by atoms with E-state index in [9.17, 15) is 5.11 Å². The number of nitrogens with two attached hydrogens (primary N) is 1. The molecule has 1 atom stereocenters. The summed E-state index contributed by atoms with van der Waals surface area (Å²) in [6, 6.07) is 2.32. The van der Waals surface area contributed by atoms with Crippen molar-refractivity contribution in [2.75, 3.05) is 13.2 Å². The summed E-state index contributed by atoms with van der Waals surface area (Å²) in [5.41, 5.74) is 5.18. The van der Waals surface area contributed by atoms with Crippen LogP contribution in [0.2, 0.25) is 5.02 Å². The van der Waals surface area contributed by atoms with Crippen LogP contribution in [0.4, 0.5) is 0 Å². The van der Waals surface area contributed by atoms with E-state index < -0.39 is 6.10 Å². The van der Waals surface area contributed by atoms with Gasteiger partial charge in [0.1, 0.15) is 18.5 Å². The third kappa shape index (κ3) is 3.16. The molecule has 84 valence electrons. The number of aromatic hydroxyl groups is 2. The first-order valence-corrected chi connectivity index (χ1v) is 4.64. The van der Waals surface area contributed by atoms with Crippen LogP contribution in [-0.4, -0.2) is 34.6 Å². The van der Waals surface area contributed by atoms with E-state index in [0.717, 1.165) is 6.07 Å². The van der Waals surface area contributed by atoms with Gasteiger partial charge in [0.15, 0.2) is 11.5 Å². The van der Waals surface area contributed by atoms with Gasteiger partial charge in [0, 0.05) is 18.7 Å². The first kappa shape index (κ1) is 11.9. The fourth-order valence-electron chi connectivity index (χ4n) is 0.897. The average Bonchev–Trinajstić information content (AvgIpc) is 2.21. The van der Waals surface area contributed by atoms with Gasteiger partial charge in [-0.2, -0.15) is 0 Å². The SMILES string of the molecule is NC[C@@H](O)COc1cc(O)c(O)cc1Cl. The molecule has 0 fully saturated rings. The lowest BCUT2D eigenvalue weighted by Gasteiger charge is -2.12. The molecule has 0 radical (unpaired) electrons. The van der Waals surface area contributed by atoms with Crippen molar-refractivity contribution in [3.63, 3.8) is 0 Å². The zero-order valence-corrected chi connectivity index (χ0v) is 8.61. The summed E-state index contributed by atoms with van der Waals surface area (Å²) in [6.07, 6.45) is -0.794. The smallest absolute Gasteiger partial charge is 0.161 e. The molecular weight excluding hydrogens is 222 g/mol. The molecule has 1 aromatic carbocycles. The summed E-state index contributed by atoms with van der Waals surface area (Å²) >= 11 is 5.72. The Morgan fingerprint density at radius 3 is 2.53 bits per heavy atom. The molecule has 0 saturated heterocycles. The highest BCUT2D eigenvalue weighted by Gasteiger charge is 2.09. The van der Waals surface area contributed by atoms with E-state index in [-0.39, 0.29) is 35.4 Å². The normalized spacial score (nSPS) is 12.5. The van der Waals surface area contributed by atoms with E-state index >= 15 is 0 Å². The van der Waals surface area contributed by atoms with Gasteiger partial charge >= 0.3 is 0 Å². The molecule has 0 saturated carbocycles. The van der Waals surface area contributed by atoms with Crippen molar-refractivity contribution in [3.05, 3.63) is 17.2 Å². The third-order valence-corrected chi connectivity index (χ3v) is 2.03. The zero-order valence-electron chi connectivity index (χ0n) is 7.85. The van der Waals surface area contributed by atoms with Gasteiger partial charge in [0.2, 0.25) is 0 Å². The molecule has 15 heavy (non-hydrogen) atoms. The molecule has 0 aromatic heterocycles. The number of benzene rings is 1. The number of hydrogen-bond donors (Lipinski definition) is 4. The van der Waals surface area contributed by atoms with Gasteiger partial charge in [-0.15, -0.1) is 0 Å². The van der Waals surface area contributed by atoms with Crippen molar-refractivity contribution in [2.24, 2.45) is 5.73 Å². The van der Waals surface area contributed by atoms with E-state index in [1.807, 2.05) is 0 Å². The van der Waals surface area contributed by atoms with Crippen molar-refractivity contribution < 1.29 is 20.1 Å². The summed E-state index contributed by atoms with van der Waals surface area (Å²) < 4.78 is 5.09. The summed E-state index contributed by atoms with van der Waals surface area (Å²) in [6.45, 7) is 0.0438. The van der Waals surface area contributed by atoms with Crippen LogP contribution in [-0.2, 0) is 0 Å². The van der Waals surface area contributed by atoms with Gasteiger partial charge in [-0.05, 0) is 0 Å². The maximum Gasteiger partial charge on any atom is 0.161 e. The molecule has 0 spiro atoms. The minimum Gasteiger partial charge on any atom is -0.504 e. The molecule has 0 aliphatic carbocycles. The summed E-state index contributed by atoms with van der Waals surface area (Å²) in [4.78, 5) is 0. The number of aliphatic hydroxyl groups is 1. The van der Waals surface area contributed by atoms with Crippen LogP contribution in [0.15, 0.2) is 12.1 Å². The second-order valence-electron chi connectivity index (χ2n) is 2.97. The molecular formula is C9H12ClNO4. The number of rotatable bonds is 4. The van der Waals surface area contributed by atoms with Gasteiger partial charge in [0.05, 0.1) is 5.02 Å². The fourth-order valence-corrected chi connectivity index (χ4v) is 1.11. The van der Waals surface area contributed by atoms with Crippen LogP contribution in [0.1, 0.15) is 0 Å². The van der Waals surface area contributed by atoms with E-state index in [0.29, 0.717) is 0 Å². The van der Waals surface area contributed by atoms with E-state index in [1.54, 1.807) is 0 Å². The molecule has 5 N–H and O–H groups in total. The highest BCUT2D eigenvalue weighted by molar-refractivity contribution is 6.32. The number of halogens is 1. The van der Waals surface area contributed by atoms with Gasteiger partial charge < -0.3 is 25.8 Å². The second kappa shape index (κ2) is 5.06. The molecule has 1 rings (SSSR count). The van der Waals surface area contributed by atoms with Crippen LogP contribution in [0.5, 0.6) is 17.2 Å². The molecule has 0 aliphatic heterocycles. The summed E-state index contributed by atoms with van der Waals surface area (Å²) in [5.74, 6) is -0.483. The van der Waals surface area contributed by atoms with Gasteiger partial charge in [0.25, 0.3) is 0 Å². The molecule has 6 heteroatoms. The van der Waals surface area contributed by atoms with Crippen molar-refractivity contribution in [1.29, 1.82) is 0 Å². The Hall–Kier alpha value is -1.17. The molecule has 0 bridgehead atoms. The maximum absolute atomic E-state index is 9.17. The Morgan fingerprint density at radius 2 is 1.93 bits per heavy atom. The van der Waals surface area contributed by atoms with Gasteiger partial charge in [-0.25, -0.2) is 0 Å². The molecule has 5 nitrogen and oxygen atoms in total. The maximum atomic E-state index is 9.17. The quantitative estimate of drug-likeness (QED) is 0.567. The largest absolute Gasteiger partial charge is 0.504 e.